The number of hydrogen-bond acceptors (Lipinski definition) is 4. The van der Waals surface area contributed by atoms with Crippen LogP contribution in [0.1, 0.15) is 32.3 Å². The van der Waals surface area contributed by atoms with Crippen LogP contribution in [-0.2, 0) is 0 Å². The van der Waals surface area contributed by atoms with E-state index in [1.165, 1.54) is 0 Å². The van der Waals surface area contributed by atoms with Crippen molar-refractivity contribution in [1.82, 2.24) is 4.90 Å². The third-order valence-electron chi connectivity index (χ3n) is 3.95. The Morgan fingerprint density at radius 1 is 1.35 bits per heavy atom. The SMILES string of the molecule is COc1cc(C#N)ccc1NC1CCN(C(C)C)CC1. The molecule has 1 aromatic rings. The number of nitrogens with zero attached hydrogens (tertiary/aromatic N) is 2. The Hall–Kier alpha value is -1.73. The minimum Gasteiger partial charge on any atom is -0.495 e. The Bertz CT molecular complexity index is 485. The molecule has 0 aromatic heterocycles. The second kappa shape index (κ2) is 6.62. The third kappa shape index (κ3) is 3.43. The molecule has 1 N–H and O–H groups in total. The first-order chi connectivity index (χ1) is 9.63. The van der Waals surface area contributed by atoms with E-state index in [0.29, 0.717) is 17.6 Å². The number of nitrogens with one attached hydrogen (secondary N) is 1. The van der Waals surface area contributed by atoms with Crippen LogP contribution in [-0.4, -0.2) is 37.2 Å². The lowest BCUT2D eigenvalue weighted by molar-refractivity contribution is 0.177. The first-order valence-corrected chi connectivity index (χ1v) is 7.22. The first kappa shape index (κ1) is 14.7. The van der Waals surface area contributed by atoms with Gasteiger partial charge in [-0.05, 0) is 38.8 Å². The molecule has 0 atom stereocenters. The molecular weight excluding hydrogens is 250 g/mol. The van der Waals surface area contributed by atoms with Crippen molar-refractivity contribution in [3.8, 4) is 11.8 Å². The van der Waals surface area contributed by atoms with Crippen LogP contribution in [0, 0.1) is 11.3 Å². The van der Waals surface area contributed by atoms with Crippen molar-refractivity contribution < 1.29 is 4.74 Å². The molecule has 1 fully saturated rings. The van der Waals surface area contributed by atoms with E-state index in [-0.39, 0.29) is 0 Å². The highest BCUT2D eigenvalue weighted by atomic mass is 16.5. The predicted octanol–water partition coefficient (Wildman–Crippen LogP) is 2.85. The number of piperidine rings is 1. The normalized spacial score (nSPS) is 16.9. The maximum atomic E-state index is 8.92. The van der Waals surface area contributed by atoms with Crippen LogP contribution < -0.4 is 10.1 Å². The van der Waals surface area contributed by atoms with Gasteiger partial charge in [0.2, 0.25) is 0 Å². The summed E-state index contributed by atoms with van der Waals surface area (Å²) in [7, 11) is 1.64. The van der Waals surface area contributed by atoms with Crippen molar-refractivity contribution in [2.75, 3.05) is 25.5 Å². The first-order valence-electron chi connectivity index (χ1n) is 7.22. The van der Waals surface area contributed by atoms with Gasteiger partial charge in [-0.2, -0.15) is 5.26 Å². The van der Waals surface area contributed by atoms with E-state index in [9.17, 15) is 0 Å². The maximum absolute atomic E-state index is 8.92. The van der Waals surface area contributed by atoms with Gasteiger partial charge in [0.25, 0.3) is 0 Å². The van der Waals surface area contributed by atoms with E-state index in [1.54, 1.807) is 13.2 Å². The summed E-state index contributed by atoms with van der Waals surface area (Å²) in [5.74, 6) is 0.746. The molecule has 0 amide bonds. The maximum Gasteiger partial charge on any atom is 0.143 e. The Kier molecular flexibility index (Phi) is 4.86. The summed E-state index contributed by atoms with van der Waals surface area (Å²) in [6, 6.07) is 8.79. The summed E-state index contributed by atoms with van der Waals surface area (Å²) < 4.78 is 5.36. The van der Waals surface area contributed by atoms with Gasteiger partial charge in [-0.3, -0.25) is 0 Å². The summed E-state index contributed by atoms with van der Waals surface area (Å²) in [4.78, 5) is 2.51. The average molecular weight is 273 g/mol. The van der Waals surface area contributed by atoms with Gasteiger partial charge >= 0.3 is 0 Å². The summed E-state index contributed by atoms with van der Waals surface area (Å²) >= 11 is 0. The molecule has 0 unspecified atom stereocenters. The fraction of sp³-hybridized carbons (Fsp3) is 0.562. The third-order valence-corrected chi connectivity index (χ3v) is 3.95. The minimum atomic E-state index is 0.479. The van der Waals surface area contributed by atoms with Crippen LogP contribution in [0.25, 0.3) is 0 Å². The van der Waals surface area contributed by atoms with Gasteiger partial charge in [-0.1, -0.05) is 0 Å². The zero-order valence-electron chi connectivity index (χ0n) is 12.5. The molecule has 0 bridgehead atoms. The fourth-order valence-corrected chi connectivity index (χ4v) is 2.66. The number of likely N-dealkylation sites (tertiary alicyclic amines) is 1. The second-order valence-electron chi connectivity index (χ2n) is 5.58. The molecule has 4 nitrogen and oxygen atoms in total. The molecule has 20 heavy (non-hydrogen) atoms. The number of hydrogen-bond donors (Lipinski definition) is 1. The number of benzene rings is 1. The Balaban J connectivity index is 1.99. The van der Waals surface area contributed by atoms with E-state index in [4.69, 9.17) is 10.00 Å². The molecule has 1 heterocycles. The van der Waals surface area contributed by atoms with Crippen LogP contribution in [0.4, 0.5) is 5.69 Å². The quantitative estimate of drug-likeness (QED) is 0.916. The Labute approximate surface area is 121 Å². The van der Waals surface area contributed by atoms with E-state index >= 15 is 0 Å². The highest BCUT2D eigenvalue weighted by molar-refractivity contribution is 5.60. The van der Waals surface area contributed by atoms with Crippen molar-refractivity contribution >= 4 is 5.69 Å². The van der Waals surface area contributed by atoms with Gasteiger partial charge in [0, 0.05) is 31.2 Å². The monoisotopic (exact) mass is 273 g/mol. The van der Waals surface area contributed by atoms with E-state index < -0.39 is 0 Å². The number of methoxy groups -OCH3 is 1. The van der Waals surface area contributed by atoms with E-state index in [0.717, 1.165) is 37.4 Å². The van der Waals surface area contributed by atoms with Crippen molar-refractivity contribution in [2.24, 2.45) is 0 Å². The highest BCUT2D eigenvalue weighted by Crippen LogP contribution is 2.28. The van der Waals surface area contributed by atoms with Gasteiger partial charge in [-0.15, -0.1) is 0 Å². The standard InChI is InChI=1S/C16H23N3O/c1-12(2)19-8-6-14(7-9-19)18-15-5-4-13(11-17)10-16(15)20-3/h4-5,10,12,14,18H,6-9H2,1-3H3. The van der Waals surface area contributed by atoms with E-state index in [1.807, 2.05) is 12.1 Å². The number of rotatable bonds is 4. The molecule has 0 spiro atoms. The Morgan fingerprint density at radius 2 is 2.05 bits per heavy atom. The van der Waals surface area contributed by atoms with Crippen LogP contribution in [0.15, 0.2) is 18.2 Å². The largest absolute Gasteiger partial charge is 0.495 e. The number of nitriles is 1. The smallest absolute Gasteiger partial charge is 0.143 e. The Morgan fingerprint density at radius 3 is 2.60 bits per heavy atom. The summed E-state index contributed by atoms with van der Waals surface area (Å²) in [5, 5.41) is 12.5. The second-order valence-corrected chi connectivity index (χ2v) is 5.58. The number of ether oxygens (including phenoxy) is 1. The van der Waals surface area contributed by atoms with Gasteiger partial charge < -0.3 is 15.0 Å². The van der Waals surface area contributed by atoms with Crippen LogP contribution in [0.3, 0.4) is 0 Å². The molecular formula is C16H23N3O. The minimum absolute atomic E-state index is 0.479. The molecule has 0 aliphatic carbocycles. The van der Waals surface area contributed by atoms with Gasteiger partial charge in [0.1, 0.15) is 5.75 Å². The molecule has 2 rings (SSSR count). The predicted molar refractivity (Wildman–Crippen MR) is 81.1 cm³/mol. The summed E-state index contributed by atoms with van der Waals surface area (Å²) in [6.45, 7) is 6.76. The van der Waals surface area contributed by atoms with Gasteiger partial charge in [-0.25, -0.2) is 0 Å². The van der Waals surface area contributed by atoms with Crippen LogP contribution >= 0.6 is 0 Å². The van der Waals surface area contributed by atoms with Gasteiger partial charge in [0.15, 0.2) is 0 Å². The lowest BCUT2D eigenvalue weighted by Gasteiger charge is -2.35. The van der Waals surface area contributed by atoms with Crippen molar-refractivity contribution in [2.45, 2.75) is 38.8 Å². The molecule has 1 aliphatic rings. The number of anilines is 1. The van der Waals surface area contributed by atoms with Crippen LogP contribution in [0.2, 0.25) is 0 Å². The van der Waals surface area contributed by atoms with Crippen molar-refractivity contribution in [3.63, 3.8) is 0 Å². The molecule has 4 heteroatoms. The molecule has 0 radical (unpaired) electrons. The molecule has 1 aromatic carbocycles. The van der Waals surface area contributed by atoms with E-state index in [2.05, 4.69) is 30.1 Å². The van der Waals surface area contributed by atoms with Crippen molar-refractivity contribution in [1.29, 1.82) is 5.26 Å². The zero-order chi connectivity index (χ0) is 14.5. The highest BCUT2D eigenvalue weighted by Gasteiger charge is 2.21. The summed E-state index contributed by atoms with van der Waals surface area (Å²) in [6.07, 6.45) is 2.28. The van der Waals surface area contributed by atoms with Crippen LogP contribution in [0.5, 0.6) is 5.75 Å². The zero-order valence-corrected chi connectivity index (χ0v) is 12.5. The topological polar surface area (TPSA) is 48.3 Å². The molecule has 1 aliphatic heterocycles. The summed E-state index contributed by atoms with van der Waals surface area (Å²) in [5.41, 5.74) is 1.61. The average Bonchev–Trinajstić information content (AvgIpc) is 2.48. The molecule has 0 saturated carbocycles. The lowest BCUT2D eigenvalue weighted by Crippen LogP contribution is -2.42. The molecule has 1 saturated heterocycles. The van der Waals surface area contributed by atoms with Crippen molar-refractivity contribution in [3.05, 3.63) is 23.8 Å². The fourth-order valence-electron chi connectivity index (χ4n) is 2.66. The molecule has 108 valence electrons. The van der Waals surface area contributed by atoms with Gasteiger partial charge in [0.05, 0.1) is 24.4 Å². The lowest BCUT2D eigenvalue weighted by atomic mass is 10.0.